The first-order valence-electron chi connectivity index (χ1n) is 7.51. The van der Waals surface area contributed by atoms with E-state index in [1.807, 2.05) is 12.3 Å². The van der Waals surface area contributed by atoms with Crippen LogP contribution in [0.1, 0.15) is 22.5 Å². The highest BCUT2D eigenvalue weighted by molar-refractivity contribution is 5.89. The molecule has 1 aliphatic heterocycles. The summed E-state index contributed by atoms with van der Waals surface area (Å²) < 4.78 is 22.8. The Morgan fingerprint density at radius 1 is 1.59 bits per heavy atom. The van der Waals surface area contributed by atoms with E-state index in [0.717, 1.165) is 29.3 Å². The first-order valence-corrected chi connectivity index (χ1v) is 6.01. The fraction of sp³-hybridized carbons (Fsp3) is 0.429. The molecule has 0 amide bonds. The number of rotatable bonds is 2. The van der Waals surface area contributed by atoms with Gasteiger partial charge in [0, 0.05) is 27.3 Å². The topological polar surface area (TPSA) is 39.3 Å². The summed E-state index contributed by atoms with van der Waals surface area (Å²) in [6.45, 7) is -1.41. The number of hydrogen-bond acceptors (Lipinski definition) is 2. The number of aromatic amines is 1. The molecule has 0 saturated carbocycles. The fourth-order valence-corrected chi connectivity index (χ4v) is 2.70. The lowest BCUT2D eigenvalue weighted by Crippen LogP contribution is -2.26. The van der Waals surface area contributed by atoms with E-state index in [9.17, 15) is 5.11 Å². The molecule has 1 aromatic heterocycles. The molecule has 3 rings (SSSR count). The third kappa shape index (κ3) is 1.80. The summed E-state index contributed by atoms with van der Waals surface area (Å²) in [6, 6.07) is 5.38. The van der Waals surface area contributed by atoms with Crippen molar-refractivity contribution >= 4 is 10.9 Å². The van der Waals surface area contributed by atoms with Crippen LogP contribution in [0.5, 0.6) is 5.75 Å². The number of nitrogens with one attached hydrogen (secondary N) is 1. The van der Waals surface area contributed by atoms with Gasteiger partial charge in [-0.1, -0.05) is 6.07 Å². The van der Waals surface area contributed by atoms with Crippen LogP contribution in [0.3, 0.4) is 0 Å². The van der Waals surface area contributed by atoms with E-state index < -0.39 is 6.98 Å². The number of aromatic nitrogens is 1. The van der Waals surface area contributed by atoms with E-state index in [4.69, 9.17) is 4.11 Å². The molecule has 90 valence electrons. The van der Waals surface area contributed by atoms with Crippen LogP contribution in [0, 0.1) is 0 Å². The third-order valence-electron chi connectivity index (χ3n) is 3.60. The Balaban J connectivity index is 1.90. The van der Waals surface area contributed by atoms with Gasteiger partial charge in [-0.05, 0) is 50.5 Å². The smallest absolute Gasteiger partial charge is 0.125 e. The van der Waals surface area contributed by atoms with Crippen molar-refractivity contribution < 1.29 is 9.22 Å². The minimum atomic E-state index is -2.03. The van der Waals surface area contributed by atoms with Crippen LogP contribution in [0.15, 0.2) is 24.4 Å². The van der Waals surface area contributed by atoms with Gasteiger partial charge in [-0.25, -0.2) is 0 Å². The molecule has 1 atom stereocenters. The van der Waals surface area contributed by atoms with Crippen LogP contribution >= 0.6 is 0 Å². The summed E-state index contributed by atoms with van der Waals surface area (Å²) in [5.74, 6) is 0.247. The molecular weight excluding hydrogens is 212 g/mol. The van der Waals surface area contributed by atoms with Gasteiger partial charge in [0.2, 0.25) is 0 Å². The van der Waals surface area contributed by atoms with Gasteiger partial charge in [0.15, 0.2) is 0 Å². The molecule has 1 fully saturated rings. The number of fused-ring (bicyclic) bond motifs is 1. The lowest BCUT2D eigenvalue weighted by Gasteiger charge is -2.18. The normalized spacial score (nSPS) is 24.7. The zero-order valence-corrected chi connectivity index (χ0v) is 9.61. The Morgan fingerprint density at radius 3 is 3.41 bits per heavy atom. The predicted molar refractivity (Wildman–Crippen MR) is 69.3 cm³/mol. The van der Waals surface area contributed by atoms with Crippen molar-refractivity contribution in [3.63, 3.8) is 0 Å². The fourth-order valence-electron chi connectivity index (χ4n) is 2.70. The summed E-state index contributed by atoms with van der Waals surface area (Å²) in [5, 5.41) is 10.8. The lowest BCUT2D eigenvalue weighted by molar-refractivity contribution is 0.309. The van der Waals surface area contributed by atoms with Crippen LogP contribution in [0.4, 0.5) is 0 Å². The maximum absolute atomic E-state index is 10.00. The lowest BCUT2D eigenvalue weighted by atomic mass is 10.0. The van der Waals surface area contributed by atoms with Crippen molar-refractivity contribution in [2.45, 2.75) is 25.3 Å². The molecule has 2 aromatic rings. The average molecular weight is 233 g/mol. The van der Waals surface area contributed by atoms with Crippen LogP contribution in [0.25, 0.3) is 10.9 Å². The van der Waals surface area contributed by atoms with E-state index >= 15 is 0 Å². The van der Waals surface area contributed by atoms with Gasteiger partial charge in [-0.2, -0.15) is 0 Å². The van der Waals surface area contributed by atoms with Gasteiger partial charge in [0.05, 0.1) is 0 Å². The minimum Gasteiger partial charge on any atom is -0.507 e. The SMILES string of the molecule is [2H]C([2H])([2H])N1CCC[C@H]1Cc1c[nH]c2cccc(O)c12. The van der Waals surface area contributed by atoms with Crippen molar-refractivity contribution in [3.05, 3.63) is 30.0 Å². The second-order valence-corrected chi connectivity index (χ2v) is 4.71. The number of phenolic OH excluding ortho intramolecular Hbond substituents is 1. The number of likely N-dealkylation sites (N-methyl/N-ethyl adjacent to an activating group) is 1. The van der Waals surface area contributed by atoms with E-state index in [-0.39, 0.29) is 11.8 Å². The summed E-state index contributed by atoms with van der Waals surface area (Å²) in [4.78, 5) is 4.74. The van der Waals surface area contributed by atoms with Gasteiger partial charge in [-0.3, -0.25) is 0 Å². The molecule has 0 unspecified atom stereocenters. The number of phenols is 1. The zero-order chi connectivity index (χ0) is 14.3. The molecule has 1 saturated heterocycles. The number of likely N-dealkylation sites (tertiary alicyclic amines) is 1. The van der Waals surface area contributed by atoms with Crippen LogP contribution in [-0.4, -0.2) is 34.6 Å². The first-order chi connectivity index (χ1) is 9.47. The first kappa shape index (κ1) is 7.77. The Labute approximate surface area is 105 Å². The number of benzene rings is 1. The largest absolute Gasteiger partial charge is 0.507 e. The highest BCUT2D eigenvalue weighted by atomic mass is 16.3. The highest BCUT2D eigenvalue weighted by Crippen LogP contribution is 2.30. The molecule has 2 heterocycles. The van der Waals surface area contributed by atoms with Gasteiger partial charge >= 0.3 is 0 Å². The van der Waals surface area contributed by atoms with Gasteiger partial charge in [0.25, 0.3) is 0 Å². The van der Waals surface area contributed by atoms with Crippen LogP contribution < -0.4 is 0 Å². The molecule has 3 nitrogen and oxygen atoms in total. The quantitative estimate of drug-likeness (QED) is 0.836. The molecular formula is C14H18N2O. The average Bonchev–Trinajstić information content (AvgIpc) is 2.97. The number of hydrogen-bond donors (Lipinski definition) is 2. The summed E-state index contributed by atoms with van der Waals surface area (Å²) >= 11 is 0. The van der Waals surface area contributed by atoms with Crippen molar-refractivity contribution in [1.82, 2.24) is 9.88 Å². The molecule has 17 heavy (non-hydrogen) atoms. The van der Waals surface area contributed by atoms with E-state index in [2.05, 4.69) is 4.98 Å². The van der Waals surface area contributed by atoms with Crippen LogP contribution in [-0.2, 0) is 6.42 Å². The molecule has 0 bridgehead atoms. The Morgan fingerprint density at radius 2 is 2.53 bits per heavy atom. The number of aromatic hydroxyl groups is 1. The van der Waals surface area contributed by atoms with Crippen molar-refractivity contribution in [2.24, 2.45) is 0 Å². The molecule has 0 spiro atoms. The van der Waals surface area contributed by atoms with Crippen LogP contribution in [0.2, 0.25) is 0 Å². The molecule has 0 aliphatic carbocycles. The van der Waals surface area contributed by atoms with Crippen molar-refractivity contribution in [3.8, 4) is 5.75 Å². The Hall–Kier alpha value is -1.48. The van der Waals surface area contributed by atoms with Crippen molar-refractivity contribution in [2.75, 3.05) is 13.5 Å². The molecule has 1 aliphatic rings. The number of nitrogens with zero attached hydrogens (tertiary/aromatic N) is 1. The molecule has 2 N–H and O–H groups in total. The molecule has 1 aromatic carbocycles. The standard InChI is InChI=1S/C14H18N2O/c1-16-7-3-4-11(16)8-10-9-15-12-5-2-6-13(17)14(10)12/h2,5-6,9,11,15,17H,3-4,7-8H2,1H3/t11-/m0/s1/i1D3. The molecule has 0 radical (unpaired) electrons. The zero-order valence-electron chi connectivity index (χ0n) is 12.6. The Bertz CT molecular complexity index is 620. The second kappa shape index (κ2) is 4.08. The van der Waals surface area contributed by atoms with E-state index in [1.165, 1.54) is 0 Å². The van der Waals surface area contributed by atoms with Gasteiger partial charge in [0.1, 0.15) is 5.75 Å². The predicted octanol–water partition coefficient (Wildman–Crippen LogP) is 2.51. The minimum absolute atomic E-state index is 0.0149. The second-order valence-electron chi connectivity index (χ2n) is 4.71. The molecule has 3 heteroatoms. The maximum atomic E-state index is 10.00. The third-order valence-corrected chi connectivity index (χ3v) is 3.60. The summed E-state index contributed by atoms with van der Waals surface area (Å²) in [6.07, 6.45) is 4.33. The summed E-state index contributed by atoms with van der Waals surface area (Å²) in [5.41, 5.74) is 1.87. The van der Waals surface area contributed by atoms with Crippen molar-refractivity contribution in [1.29, 1.82) is 0 Å². The summed E-state index contributed by atoms with van der Waals surface area (Å²) in [7, 11) is 0. The highest BCUT2D eigenvalue weighted by Gasteiger charge is 2.22. The van der Waals surface area contributed by atoms with E-state index in [0.29, 0.717) is 13.0 Å². The van der Waals surface area contributed by atoms with Gasteiger partial charge < -0.3 is 15.0 Å². The monoisotopic (exact) mass is 233 g/mol. The van der Waals surface area contributed by atoms with E-state index in [1.54, 1.807) is 17.0 Å². The number of H-pyrrole nitrogens is 1. The Kier molecular flexibility index (Phi) is 1.86. The van der Waals surface area contributed by atoms with Gasteiger partial charge in [-0.15, -0.1) is 0 Å². The maximum Gasteiger partial charge on any atom is 0.125 e.